The summed E-state index contributed by atoms with van der Waals surface area (Å²) >= 11 is 2.00. The zero-order chi connectivity index (χ0) is 17.3. The van der Waals surface area contributed by atoms with Gasteiger partial charge in [0.15, 0.2) is 0 Å². The number of nitrogens with zero attached hydrogens (tertiary/aromatic N) is 1. The molecule has 3 heterocycles. The van der Waals surface area contributed by atoms with Gasteiger partial charge in [-0.25, -0.2) is 0 Å². The van der Waals surface area contributed by atoms with E-state index in [2.05, 4.69) is 0 Å². The summed E-state index contributed by atoms with van der Waals surface area (Å²) in [5, 5.41) is 0. The number of ether oxygens (including phenoxy) is 2. The molecule has 3 fully saturated rings. The van der Waals surface area contributed by atoms with Gasteiger partial charge in [0.25, 0.3) is 5.91 Å². The van der Waals surface area contributed by atoms with Crippen molar-refractivity contribution in [3.05, 3.63) is 35.4 Å². The van der Waals surface area contributed by atoms with E-state index in [9.17, 15) is 4.79 Å². The van der Waals surface area contributed by atoms with Gasteiger partial charge in [-0.15, -0.1) is 11.8 Å². The van der Waals surface area contributed by atoms with Crippen molar-refractivity contribution in [2.24, 2.45) is 5.92 Å². The molecule has 0 bridgehead atoms. The van der Waals surface area contributed by atoms with Gasteiger partial charge in [0, 0.05) is 44.2 Å². The highest BCUT2D eigenvalue weighted by Gasteiger charge is 2.51. The molecule has 0 saturated carbocycles. The zero-order valence-electron chi connectivity index (χ0n) is 14.9. The Morgan fingerprint density at radius 3 is 2.84 bits per heavy atom. The van der Waals surface area contributed by atoms with Crippen molar-refractivity contribution in [1.29, 1.82) is 0 Å². The van der Waals surface area contributed by atoms with Crippen molar-refractivity contribution in [2.75, 3.05) is 38.7 Å². The Bertz CT molecular complexity index is 623. The molecule has 0 aromatic heterocycles. The van der Waals surface area contributed by atoms with E-state index in [1.54, 1.807) is 0 Å². The second-order valence-corrected chi connectivity index (χ2v) is 9.17. The molecule has 1 unspecified atom stereocenters. The molecule has 1 spiro atoms. The third kappa shape index (κ3) is 3.74. The fraction of sp³-hybridized carbons (Fsp3) is 0.650. The number of rotatable bonds is 4. The Labute approximate surface area is 154 Å². The van der Waals surface area contributed by atoms with Crippen LogP contribution in [-0.4, -0.2) is 60.3 Å². The molecule has 3 aliphatic rings. The average molecular weight is 362 g/mol. The first-order chi connectivity index (χ1) is 12.2. The van der Waals surface area contributed by atoms with Crippen LogP contribution in [0.3, 0.4) is 0 Å². The predicted molar refractivity (Wildman–Crippen MR) is 100 cm³/mol. The summed E-state index contributed by atoms with van der Waals surface area (Å²) in [6, 6.07) is 7.87. The SMILES string of the molecule is Cc1ccccc1C(=O)N1CC2(CC(OCC3CCOCC3)CS2)C1. The summed E-state index contributed by atoms with van der Waals surface area (Å²) in [6.07, 6.45) is 3.69. The molecule has 5 heteroatoms. The quantitative estimate of drug-likeness (QED) is 0.826. The number of carbonyl (C=O) groups excluding carboxylic acids is 1. The van der Waals surface area contributed by atoms with E-state index < -0.39 is 0 Å². The maximum Gasteiger partial charge on any atom is 0.254 e. The van der Waals surface area contributed by atoms with Gasteiger partial charge in [-0.1, -0.05) is 18.2 Å². The molecule has 3 saturated heterocycles. The Hall–Kier alpha value is -1.04. The second kappa shape index (κ2) is 7.29. The first-order valence-corrected chi connectivity index (χ1v) is 10.3. The van der Waals surface area contributed by atoms with Crippen molar-refractivity contribution in [1.82, 2.24) is 4.90 Å². The Morgan fingerprint density at radius 2 is 2.08 bits per heavy atom. The van der Waals surface area contributed by atoms with Crippen LogP contribution in [0.5, 0.6) is 0 Å². The smallest absolute Gasteiger partial charge is 0.254 e. The summed E-state index contributed by atoms with van der Waals surface area (Å²) < 4.78 is 11.8. The average Bonchev–Trinajstić information content (AvgIpc) is 3.04. The van der Waals surface area contributed by atoms with Crippen molar-refractivity contribution in [3.63, 3.8) is 0 Å². The summed E-state index contributed by atoms with van der Waals surface area (Å²) in [5.41, 5.74) is 1.90. The van der Waals surface area contributed by atoms with Crippen LogP contribution < -0.4 is 0 Å². The minimum Gasteiger partial charge on any atom is -0.381 e. The van der Waals surface area contributed by atoms with Crippen LogP contribution in [-0.2, 0) is 9.47 Å². The fourth-order valence-electron chi connectivity index (χ4n) is 4.09. The third-order valence-electron chi connectivity index (χ3n) is 5.70. The van der Waals surface area contributed by atoms with E-state index in [-0.39, 0.29) is 10.7 Å². The summed E-state index contributed by atoms with van der Waals surface area (Å²) in [4.78, 5) is 14.7. The van der Waals surface area contributed by atoms with Gasteiger partial charge in [-0.05, 0) is 43.7 Å². The normalized spacial score (nSPS) is 26.0. The minimum absolute atomic E-state index is 0.177. The Morgan fingerprint density at radius 1 is 1.32 bits per heavy atom. The molecule has 136 valence electrons. The van der Waals surface area contributed by atoms with E-state index in [1.807, 2.05) is 47.9 Å². The number of amides is 1. The van der Waals surface area contributed by atoms with Crippen molar-refractivity contribution in [3.8, 4) is 0 Å². The van der Waals surface area contributed by atoms with E-state index in [4.69, 9.17) is 9.47 Å². The lowest BCUT2D eigenvalue weighted by Crippen LogP contribution is -2.60. The van der Waals surface area contributed by atoms with Crippen LogP contribution in [0.15, 0.2) is 24.3 Å². The topological polar surface area (TPSA) is 38.8 Å². The van der Waals surface area contributed by atoms with Gasteiger partial charge in [-0.3, -0.25) is 4.79 Å². The number of aryl methyl sites for hydroxylation is 1. The lowest BCUT2D eigenvalue weighted by molar-refractivity contribution is -0.0118. The summed E-state index contributed by atoms with van der Waals surface area (Å²) in [5.74, 6) is 1.90. The highest BCUT2D eigenvalue weighted by Crippen LogP contribution is 2.46. The minimum atomic E-state index is 0.177. The first kappa shape index (κ1) is 17.4. The molecule has 0 radical (unpaired) electrons. The van der Waals surface area contributed by atoms with Crippen LogP contribution in [0.4, 0.5) is 0 Å². The number of benzene rings is 1. The van der Waals surface area contributed by atoms with E-state index >= 15 is 0 Å². The zero-order valence-corrected chi connectivity index (χ0v) is 15.7. The van der Waals surface area contributed by atoms with Crippen LogP contribution in [0.2, 0.25) is 0 Å². The van der Waals surface area contributed by atoms with Crippen LogP contribution in [0.25, 0.3) is 0 Å². The standard InChI is InChI=1S/C20H27NO3S/c1-15-4-2-3-5-18(15)19(22)21-13-20(14-21)10-17(12-25-20)24-11-16-6-8-23-9-7-16/h2-5,16-17H,6-14H2,1H3. The summed E-state index contributed by atoms with van der Waals surface area (Å²) in [6.45, 7) is 6.37. The predicted octanol–water partition coefficient (Wildman–Crippen LogP) is 3.14. The summed E-state index contributed by atoms with van der Waals surface area (Å²) in [7, 11) is 0. The highest BCUT2D eigenvalue weighted by atomic mass is 32.2. The first-order valence-electron chi connectivity index (χ1n) is 9.33. The molecule has 0 aliphatic carbocycles. The monoisotopic (exact) mass is 361 g/mol. The van der Waals surface area contributed by atoms with Gasteiger partial charge < -0.3 is 14.4 Å². The molecule has 1 atom stereocenters. The van der Waals surface area contributed by atoms with Crippen molar-refractivity contribution >= 4 is 17.7 Å². The van der Waals surface area contributed by atoms with Crippen molar-refractivity contribution in [2.45, 2.75) is 37.0 Å². The van der Waals surface area contributed by atoms with Gasteiger partial charge >= 0.3 is 0 Å². The fourth-order valence-corrected chi connectivity index (χ4v) is 5.64. The molecule has 4 rings (SSSR count). The van der Waals surface area contributed by atoms with Gasteiger partial charge in [-0.2, -0.15) is 0 Å². The maximum atomic E-state index is 12.7. The molecule has 1 amide bonds. The Kier molecular flexibility index (Phi) is 5.07. The number of carbonyl (C=O) groups is 1. The second-order valence-electron chi connectivity index (χ2n) is 7.69. The van der Waals surface area contributed by atoms with Crippen molar-refractivity contribution < 1.29 is 14.3 Å². The number of thioether (sulfide) groups is 1. The van der Waals surface area contributed by atoms with Gasteiger partial charge in [0.1, 0.15) is 0 Å². The molecule has 4 nitrogen and oxygen atoms in total. The molecule has 25 heavy (non-hydrogen) atoms. The van der Waals surface area contributed by atoms with Crippen LogP contribution in [0.1, 0.15) is 35.2 Å². The molecule has 1 aromatic rings. The van der Waals surface area contributed by atoms with Gasteiger partial charge in [0.2, 0.25) is 0 Å². The molecule has 1 aromatic carbocycles. The highest BCUT2D eigenvalue weighted by molar-refractivity contribution is 8.01. The van der Waals surface area contributed by atoms with E-state index in [1.165, 1.54) is 0 Å². The van der Waals surface area contributed by atoms with E-state index in [0.717, 1.165) is 69.1 Å². The largest absolute Gasteiger partial charge is 0.381 e. The lowest BCUT2D eigenvalue weighted by Gasteiger charge is -2.47. The molecule has 0 N–H and O–H groups in total. The third-order valence-corrected chi connectivity index (χ3v) is 7.28. The number of likely N-dealkylation sites (tertiary alicyclic amines) is 1. The molecular formula is C20H27NO3S. The molecule has 3 aliphatic heterocycles. The number of hydrogen-bond donors (Lipinski definition) is 0. The number of hydrogen-bond acceptors (Lipinski definition) is 4. The molecular weight excluding hydrogens is 334 g/mol. The van der Waals surface area contributed by atoms with Crippen LogP contribution in [0, 0.1) is 12.8 Å². The van der Waals surface area contributed by atoms with Crippen LogP contribution >= 0.6 is 11.8 Å². The van der Waals surface area contributed by atoms with E-state index in [0.29, 0.717) is 12.0 Å². The Balaban J connectivity index is 1.26. The lowest BCUT2D eigenvalue weighted by atomic mass is 9.91. The van der Waals surface area contributed by atoms with Gasteiger partial charge in [0.05, 0.1) is 10.9 Å². The maximum absolute atomic E-state index is 12.7.